The number of benzene rings is 2. The maximum absolute atomic E-state index is 13.2. The third-order valence-electron chi connectivity index (χ3n) is 7.89. The van der Waals surface area contributed by atoms with Crippen LogP contribution in [0.15, 0.2) is 42.5 Å². The molecule has 2 heterocycles. The zero-order valence-corrected chi connectivity index (χ0v) is 26.4. The van der Waals surface area contributed by atoms with Gasteiger partial charge in [0.2, 0.25) is 5.95 Å². The summed E-state index contributed by atoms with van der Waals surface area (Å²) in [6.07, 6.45) is 1.43. The molecule has 0 saturated carbocycles. The maximum Gasteiger partial charge on any atom is 0.410 e. The summed E-state index contributed by atoms with van der Waals surface area (Å²) in [5, 5.41) is 3.58. The first-order valence-corrected chi connectivity index (χ1v) is 14.8. The highest BCUT2D eigenvalue weighted by atomic mass is 35.5. The SMILES string of the molecule is CC(N(C)Cc1ccc2c(c1)nc(NC(=O)c1ccc(Cl)cc1)n2CC1CCCN1C(=O)OC(C)(C)C)C(C)(C)C. The Morgan fingerprint density at radius 1 is 1.12 bits per heavy atom. The van der Waals surface area contributed by atoms with Crippen LogP contribution in [-0.4, -0.2) is 62.6 Å². The van der Waals surface area contributed by atoms with Crippen molar-refractivity contribution in [3.8, 4) is 0 Å². The zero-order valence-electron chi connectivity index (χ0n) is 25.6. The lowest BCUT2D eigenvalue weighted by molar-refractivity contribution is 0.0215. The van der Waals surface area contributed by atoms with E-state index in [1.54, 1.807) is 29.2 Å². The first-order chi connectivity index (χ1) is 19.1. The first-order valence-electron chi connectivity index (χ1n) is 14.4. The fraction of sp³-hybridized carbons (Fsp3) is 0.531. The second-order valence-electron chi connectivity index (χ2n) is 13.3. The summed E-state index contributed by atoms with van der Waals surface area (Å²) in [5.41, 5.74) is 2.92. The number of hydrogen-bond acceptors (Lipinski definition) is 5. The summed E-state index contributed by atoms with van der Waals surface area (Å²) < 4.78 is 7.71. The first kappa shape index (κ1) is 30.8. The van der Waals surface area contributed by atoms with Gasteiger partial charge in [-0.15, -0.1) is 0 Å². The average molecular weight is 582 g/mol. The molecule has 1 aromatic heterocycles. The number of hydrogen-bond donors (Lipinski definition) is 1. The number of aromatic nitrogens is 2. The second kappa shape index (κ2) is 12.0. The Hall–Kier alpha value is -3.10. The molecular formula is C32H44ClN5O3. The Kier molecular flexibility index (Phi) is 9.04. The minimum Gasteiger partial charge on any atom is -0.444 e. The number of carbonyl (C=O) groups is 2. The van der Waals surface area contributed by atoms with E-state index in [0.29, 0.717) is 35.7 Å². The standard InChI is InChI=1S/C32H44ClN5O3/c1-21(31(2,3)4)36(8)19-22-11-16-27-26(18-22)34-29(35-28(39)23-12-14-24(33)15-13-23)38(27)20-25-10-9-17-37(25)30(40)41-32(5,6)7/h11-16,18,21,25H,9-10,17,19-20H2,1-8H3,(H,34,35,39). The van der Waals surface area contributed by atoms with Gasteiger partial charge in [0.1, 0.15) is 5.60 Å². The Morgan fingerprint density at radius 2 is 1.80 bits per heavy atom. The molecule has 1 aliphatic rings. The van der Waals surface area contributed by atoms with Gasteiger partial charge in [-0.3, -0.25) is 15.0 Å². The molecule has 3 aromatic rings. The fourth-order valence-electron chi connectivity index (χ4n) is 5.21. The van der Waals surface area contributed by atoms with Crippen molar-refractivity contribution in [2.24, 2.45) is 5.41 Å². The number of ether oxygens (including phenoxy) is 1. The molecule has 222 valence electrons. The van der Waals surface area contributed by atoms with Gasteiger partial charge in [-0.2, -0.15) is 0 Å². The van der Waals surface area contributed by atoms with Crippen molar-refractivity contribution in [3.05, 3.63) is 58.6 Å². The number of imidazole rings is 1. The summed E-state index contributed by atoms with van der Waals surface area (Å²) >= 11 is 6.03. The number of rotatable bonds is 7. The van der Waals surface area contributed by atoms with Crippen molar-refractivity contribution in [3.63, 3.8) is 0 Å². The predicted molar refractivity (Wildman–Crippen MR) is 165 cm³/mol. The topological polar surface area (TPSA) is 79.7 Å². The number of amides is 2. The van der Waals surface area contributed by atoms with E-state index < -0.39 is 5.60 Å². The number of nitrogens with one attached hydrogen (secondary N) is 1. The lowest BCUT2D eigenvalue weighted by atomic mass is 9.87. The third kappa shape index (κ3) is 7.60. The predicted octanol–water partition coefficient (Wildman–Crippen LogP) is 7.21. The maximum atomic E-state index is 13.2. The fourth-order valence-corrected chi connectivity index (χ4v) is 5.34. The number of fused-ring (bicyclic) bond motifs is 1. The van der Waals surface area contributed by atoms with Crippen LogP contribution in [0.4, 0.5) is 10.7 Å². The van der Waals surface area contributed by atoms with Gasteiger partial charge in [-0.25, -0.2) is 9.78 Å². The van der Waals surface area contributed by atoms with Crippen molar-refractivity contribution in [2.75, 3.05) is 18.9 Å². The average Bonchev–Trinajstić information content (AvgIpc) is 3.47. The van der Waals surface area contributed by atoms with Gasteiger partial charge in [-0.05, 0) is 95.0 Å². The second-order valence-corrected chi connectivity index (χ2v) is 13.7. The molecule has 41 heavy (non-hydrogen) atoms. The van der Waals surface area contributed by atoms with Crippen LogP contribution in [0.2, 0.25) is 5.02 Å². The van der Waals surface area contributed by atoms with Crippen LogP contribution < -0.4 is 5.32 Å². The molecule has 2 unspecified atom stereocenters. The molecule has 0 bridgehead atoms. The molecule has 2 aromatic carbocycles. The molecule has 4 rings (SSSR count). The van der Waals surface area contributed by atoms with Crippen LogP contribution in [0.1, 0.15) is 77.2 Å². The van der Waals surface area contributed by atoms with Crippen molar-refractivity contribution < 1.29 is 14.3 Å². The van der Waals surface area contributed by atoms with E-state index in [-0.39, 0.29) is 23.5 Å². The number of nitrogens with zero attached hydrogens (tertiary/aromatic N) is 4. The molecule has 2 amide bonds. The van der Waals surface area contributed by atoms with E-state index in [1.807, 2.05) is 25.3 Å². The van der Waals surface area contributed by atoms with Crippen molar-refractivity contribution in [1.29, 1.82) is 0 Å². The summed E-state index contributed by atoms with van der Waals surface area (Å²) in [6.45, 7) is 16.5. The molecule has 1 fully saturated rings. The van der Waals surface area contributed by atoms with E-state index in [9.17, 15) is 9.59 Å². The van der Waals surface area contributed by atoms with Gasteiger partial charge < -0.3 is 14.2 Å². The zero-order chi connectivity index (χ0) is 30.1. The lowest BCUT2D eigenvalue weighted by Crippen LogP contribution is -2.41. The van der Waals surface area contributed by atoms with E-state index in [0.717, 1.165) is 36.0 Å². The number of halogens is 1. The highest BCUT2D eigenvalue weighted by molar-refractivity contribution is 6.30. The monoisotopic (exact) mass is 581 g/mol. The van der Waals surface area contributed by atoms with Crippen LogP contribution in [0, 0.1) is 5.41 Å². The van der Waals surface area contributed by atoms with Gasteiger partial charge in [0, 0.05) is 36.3 Å². The molecule has 0 radical (unpaired) electrons. The summed E-state index contributed by atoms with van der Waals surface area (Å²) in [4.78, 5) is 35.2. The van der Waals surface area contributed by atoms with Crippen LogP contribution in [-0.2, 0) is 17.8 Å². The van der Waals surface area contributed by atoms with Gasteiger partial charge in [-0.1, -0.05) is 38.4 Å². The molecular weight excluding hydrogens is 538 g/mol. The van der Waals surface area contributed by atoms with Crippen molar-refractivity contribution in [2.45, 2.75) is 92.1 Å². The van der Waals surface area contributed by atoms with Gasteiger partial charge in [0.25, 0.3) is 5.91 Å². The molecule has 1 N–H and O–H groups in total. The van der Waals surface area contributed by atoms with Crippen molar-refractivity contribution in [1.82, 2.24) is 19.4 Å². The lowest BCUT2D eigenvalue weighted by Gasteiger charge is -2.35. The highest BCUT2D eigenvalue weighted by Gasteiger charge is 2.33. The minimum atomic E-state index is -0.572. The molecule has 1 aliphatic heterocycles. The number of anilines is 1. The van der Waals surface area contributed by atoms with Crippen molar-refractivity contribution >= 4 is 40.6 Å². The summed E-state index contributed by atoms with van der Waals surface area (Å²) in [5.74, 6) is 0.178. The summed E-state index contributed by atoms with van der Waals surface area (Å²) in [7, 11) is 2.14. The van der Waals surface area contributed by atoms with Crippen LogP contribution in [0.25, 0.3) is 11.0 Å². The van der Waals surface area contributed by atoms with E-state index in [4.69, 9.17) is 21.3 Å². The van der Waals surface area contributed by atoms with Crippen LogP contribution in [0.5, 0.6) is 0 Å². The Balaban J connectivity index is 1.66. The number of carbonyl (C=O) groups excluding carboxylic acids is 2. The normalized spacial score (nSPS) is 16.8. The van der Waals surface area contributed by atoms with E-state index >= 15 is 0 Å². The molecule has 9 heteroatoms. The Labute approximate surface area is 249 Å². The Bertz CT molecular complexity index is 1390. The van der Waals surface area contributed by atoms with Crippen LogP contribution >= 0.6 is 11.6 Å². The van der Waals surface area contributed by atoms with Gasteiger partial charge >= 0.3 is 6.09 Å². The molecule has 0 aliphatic carbocycles. The smallest absolute Gasteiger partial charge is 0.410 e. The third-order valence-corrected chi connectivity index (χ3v) is 8.14. The number of likely N-dealkylation sites (tertiary alicyclic amines) is 1. The molecule has 1 saturated heterocycles. The quantitative estimate of drug-likeness (QED) is 0.319. The Morgan fingerprint density at radius 3 is 2.44 bits per heavy atom. The molecule has 2 atom stereocenters. The minimum absolute atomic E-state index is 0.0770. The van der Waals surface area contributed by atoms with E-state index in [2.05, 4.69) is 63.2 Å². The largest absolute Gasteiger partial charge is 0.444 e. The highest BCUT2D eigenvalue weighted by Crippen LogP contribution is 2.29. The van der Waals surface area contributed by atoms with E-state index in [1.165, 1.54) is 0 Å². The van der Waals surface area contributed by atoms with Crippen LogP contribution in [0.3, 0.4) is 0 Å². The molecule has 0 spiro atoms. The molecule has 8 nitrogen and oxygen atoms in total. The van der Waals surface area contributed by atoms with Gasteiger partial charge in [0.05, 0.1) is 17.1 Å². The summed E-state index contributed by atoms with van der Waals surface area (Å²) in [6, 6.07) is 13.4. The van der Waals surface area contributed by atoms with Gasteiger partial charge in [0.15, 0.2) is 0 Å².